The van der Waals surface area contributed by atoms with Crippen molar-refractivity contribution in [3.8, 4) is 5.75 Å². The molecule has 0 saturated carbocycles. The molecule has 1 N–H and O–H groups in total. The number of nitrogens with one attached hydrogen (secondary N) is 1. The monoisotopic (exact) mass is 381 g/mol. The third-order valence-corrected chi connectivity index (χ3v) is 5.01. The first-order valence-electron chi connectivity index (χ1n) is 9.12. The molecule has 2 atom stereocenters. The lowest BCUT2D eigenvalue weighted by atomic mass is 9.95. The number of likely N-dealkylation sites (tertiary alicyclic amines) is 1. The van der Waals surface area contributed by atoms with Gasteiger partial charge in [-0.05, 0) is 31.9 Å². The van der Waals surface area contributed by atoms with Gasteiger partial charge in [-0.3, -0.25) is 9.59 Å². The number of rotatable bonds is 4. The van der Waals surface area contributed by atoms with Gasteiger partial charge in [0, 0.05) is 38.8 Å². The van der Waals surface area contributed by atoms with Crippen molar-refractivity contribution in [2.75, 3.05) is 39.3 Å². The first-order chi connectivity index (χ1) is 12.1. The molecule has 2 saturated heterocycles. The van der Waals surface area contributed by atoms with Crippen LogP contribution in [0.3, 0.4) is 0 Å². The van der Waals surface area contributed by atoms with E-state index in [0.29, 0.717) is 18.8 Å². The van der Waals surface area contributed by atoms with Crippen molar-refractivity contribution in [2.24, 2.45) is 5.92 Å². The van der Waals surface area contributed by atoms with Crippen LogP contribution < -0.4 is 10.1 Å². The zero-order valence-corrected chi connectivity index (χ0v) is 16.0. The van der Waals surface area contributed by atoms with Crippen LogP contribution in [0.4, 0.5) is 0 Å². The minimum atomic E-state index is -0.0880. The molecular formula is C19H28ClN3O3. The van der Waals surface area contributed by atoms with E-state index in [0.717, 1.165) is 32.5 Å². The van der Waals surface area contributed by atoms with E-state index in [1.54, 1.807) is 4.90 Å². The second-order valence-corrected chi connectivity index (χ2v) is 6.87. The normalized spacial score (nSPS) is 23.1. The van der Waals surface area contributed by atoms with Crippen molar-refractivity contribution in [3.63, 3.8) is 0 Å². The number of amides is 2. The van der Waals surface area contributed by atoms with Gasteiger partial charge in [0.2, 0.25) is 5.91 Å². The largest absolute Gasteiger partial charge is 0.484 e. The van der Waals surface area contributed by atoms with E-state index in [1.165, 1.54) is 0 Å². The number of carbonyl (C=O) groups excluding carboxylic acids is 2. The van der Waals surface area contributed by atoms with Gasteiger partial charge < -0.3 is 19.9 Å². The summed E-state index contributed by atoms with van der Waals surface area (Å²) in [6.07, 6.45) is 1.73. The zero-order valence-electron chi connectivity index (χ0n) is 15.2. The van der Waals surface area contributed by atoms with Gasteiger partial charge in [0.25, 0.3) is 5.91 Å². The molecule has 6 nitrogen and oxygen atoms in total. The van der Waals surface area contributed by atoms with Crippen molar-refractivity contribution < 1.29 is 14.3 Å². The van der Waals surface area contributed by atoms with Gasteiger partial charge in [-0.15, -0.1) is 12.4 Å². The molecule has 144 valence electrons. The fourth-order valence-corrected chi connectivity index (χ4v) is 3.56. The summed E-state index contributed by atoms with van der Waals surface area (Å²) in [6, 6.07) is 9.55. The average molecular weight is 382 g/mol. The minimum Gasteiger partial charge on any atom is -0.484 e. The molecule has 0 aromatic heterocycles. The number of piperidine rings is 1. The number of halogens is 1. The summed E-state index contributed by atoms with van der Waals surface area (Å²) in [6.45, 7) is 5.74. The Hall–Kier alpha value is -1.79. The lowest BCUT2D eigenvalue weighted by Crippen LogP contribution is -2.56. The Balaban J connectivity index is 0.00000243. The minimum absolute atomic E-state index is 0. The summed E-state index contributed by atoms with van der Waals surface area (Å²) in [5, 5.41) is 3.31. The molecule has 2 amide bonds. The molecule has 0 aliphatic carbocycles. The molecular weight excluding hydrogens is 354 g/mol. The summed E-state index contributed by atoms with van der Waals surface area (Å²) in [7, 11) is 0. The van der Waals surface area contributed by atoms with Crippen LogP contribution >= 0.6 is 12.4 Å². The summed E-state index contributed by atoms with van der Waals surface area (Å²) < 4.78 is 5.56. The molecule has 2 unspecified atom stereocenters. The molecule has 2 heterocycles. The molecule has 3 rings (SSSR count). The van der Waals surface area contributed by atoms with E-state index in [9.17, 15) is 9.59 Å². The Morgan fingerprint density at radius 2 is 2.00 bits per heavy atom. The number of nitrogens with zero attached hydrogens (tertiary/aromatic N) is 2. The van der Waals surface area contributed by atoms with Crippen molar-refractivity contribution >= 4 is 24.2 Å². The lowest BCUT2D eigenvalue weighted by Gasteiger charge is -2.39. The van der Waals surface area contributed by atoms with E-state index >= 15 is 0 Å². The highest BCUT2D eigenvalue weighted by Gasteiger charge is 2.33. The number of hydrogen-bond acceptors (Lipinski definition) is 4. The number of hydrogen-bond donors (Lipinski definition) is 1. The third kappa shape index (κ3) is 5.11. The number of benzene rings is 1. The predicted molar refractivity (Wildman–Crippen MR) is 103 cm³/mol. The fraction of sp³-hybridized carbons (Fsp3) is 0.579. The van der Waals surface area contributed by atoms with E-state index < -0.39 is 0 Å². The third-order valence-electron chi connectivity index (χ3n) is 5.01. The summed E-state index contributed by atoms with van der Waals surface area (Å²) in [5.74, 6) is 0.746. The molecule has 2 aliphatic rings. The van der Waals surface area contributed by atoms with Gasteiger partial charge in [-0.2, -0.15) is 0 Å². The maximum absolute atomic E-state index is 12.8. The van der Waals surface area contributed by atoms with Gasteiger partial charge in [-0.25, -0.2) is 0 Å². The maximum Gasteiger partial charge on any atom is 0.260 e. The van der Waals surface area contributed by atoms with Gasteiger partial charge in [0.1, 0.15) is 5.75 Å². The van der Waals surface area contributed by atoms with E-state index in [-0.39, 0.29) is 42.8 Å². The summed E-state index contributed by atoms with van der Waals surface area (Å²) in [4.78, 5) is 29.0. The Morgan fingerprint density at radius 3 is 2.73 bits per heavy atom. The number of piperazine rings is 1. The van der Waals surface area contributed by atoms with Crippen molar-refractivity contribution in [1.29, 1.82) is 0 Å². The van der Waals surface area contributed by atoms with E-state index in [2.05, 4.69) is 12.2 Å². The highest BCUT2D eigenvalue weighted by Crippen LogP contribution is 2.21. The topological polar surface area (TPSA) is 61.9 Å². The maximum atomic E-state index is 12.8. The zero-order chi connectivity index (χ0) is 17.6. The summed E-state index contributed by atoms with van der Waals surface area (Å²) >= 11 is 0. The quantitative estimate of drug-likeness (QED) is 0.859. The Morgan fingerprint density at radius 1 is 1.23 bits per heavy atom. The Kier molecular flexibility index (Phi) is 7.72. The van der Waals surface area contributed by atoms with Crippen molar-refractivity contribution in [3.05, 3.63) is 30.3 Å². The number of para-hydroxylation sites is 1. The van der Waals surface area contributed by atoms with Gasteiger partial charge in [-0.1, -0.05) is 18.2 Å². The molecule has 1 aromatic carbocycles. The molecule has 1 aromatic rings. The van der Waals surface area contributed by atoms with Crippen LogP contribution in [0.15, 0.2) is 30.3 Å². The number of ether oxygens (including phenoxy) is 1. The smallest absolute Gasteiger partial charge is 0.260 e. The molecule has 26 heavy (non-hydrogen) atoms. The van der Waals surface area contributed by atoms with Gasteiger partial charge in [0.05, 0.1) is 5.92 Å². The molecule has 0 spiro atoms. The van der Waals surface area contributed by atoms with Gasteiger partial charge >= 0.3 is 0 Å². The van der Waals surface area contributed by atoms with Crippen LogP contribution in [-0.4, -0.2) is 67.0 Å². The molecule has 0 bridgehead atoms. The SMILES string of the molecule is CC1CNCCN1C(=O)C1CCCN(C(=O)COc2ccccc2)C1.Cl. The second kappa shape index (κ2) is 9.78. The van der Waals surface area contributed by atoms with E-state index in [4.69, 9.17) is 4.74 Å². The second-order valence-electron chi connectivity index (χ2n) is 6.87. The standard InChI is InChI=1S/C19H27N3O3.ClH/c1-15-12-20-9-11-22(15)19(24)16-6-5-10-21(13-16)18(23)14-25-17-7-3-2-4-8-17;/h2-4,7-8,15-16,20H,5-6,9-14H2,1H3;1H. The highest BCUT2D eigenvalue weighted by atomic mass is 35.5. The molecule has 2 aliphatic heterocycles. The Labute approximate surface area is 161 Å². The first kappa shape index (κ1) is 20.5. The van der Waals surface area contributed by atoms with Crippen LogP contribution in [0, 0.1) is 5.92 Å². The van der Waals surface area contributed by atoms with Gasteiger partial charge in [0.15, 0.2) is 6.61 Å². The predicted octanol–water partition coefficient (Wildman–Crippen LogP) is 1.55. The summed E-state index contributed by atoms with van der Waals surface area (Å²) in [5.41, 5.74) is 0. The number of carbonyl (C=O) groups is 2. The van der Waals surface area contributed by atoms with Crippen LogP contribution in [0.1, 0.15) is 19.8 Å². The molecule has 7 heteroatoms. The van der Waals surface area contributed by atoms with Crippen LogP contribution in [0.5, 0.6) is 5.75 Å². The highest BCUT2D eigenvalue weighted by molar-refractivity contribution is 5.85. The lowest BCUT2D eigenvalue weighted by molar-refractivity contribution is -0.143. The average Bonchev–Trinajstić information content (AvgIpc) is 2.67. The van der Waals surface area contributed by atoms with Crippen LogP contribution in [0.2, 0.25) is 0 Å². The molecule has 2 fully saturated rings. The van der Waals surface area contributed by atoms with Crippen molar-refractivity contribution in [1.82, 2.24) is 15.1 Å². The van der Waals surface area contributed by atoms with Crippen molar-refractivity contribution in [2.45, 2.75) is 25.8 Å². The van der Waals surface area contributed by atoms with E-state index in [1.807, 2.05) is 35.2 Å². The van der Waals surface area contributed by atoms with Crippen LogP contribution in [0.25, 0.3) is 0 Å². The Bertz CT molecular complexity index is 599. The fourth-order valence-electron chi connectivity index (χ4n) is 3.56. The first-order valence-corrected chi connectivity index (χ1v) is 9.12. The molecule has 0 radical (unpaired) electrons. The van der Waals surface area contributed by atoms with Crippen LogP contribution in [-0.2, 0) is 9.59 Å².